The van der Waals surface area contributed by atoms with Crippen molar-refractivity contribution in [2.75, 3.05) is 18.1 Å². The number of carbonyl (C=O) groups excluding carboxylic acids is 1. The Morgan fingerprint density at radius 3 is 2.56 bits per heavy atom. The predicted molar refractivity (Wildman–Crippen MR) is 65.0 cm³/mol. The highest BCUT2D eigenvalue weighted by Gasteiger charge is 2.28. The van der Waals surface area contributed by atoms with E-state index in [9.17, 15) is 18.0 Å². The molecule has 1 rings (SSSR count). The van der Waals surface area contributed by atoms with E-state index in [2.05, 4.69) is 10.6 Å². The van der Waals surface area contributed by atoms with Crippen LogP contribution in [0.2, 0.25) is 0 Å². The minimum Gasteiger partial charge on any atom is -0.480 e. The van der Waals surface area contributed by atoms with Gasteiger partial charge in [0.15, 0.2) is 9.84 Å². The molecule has 0 aromatic heterocycles. The van der Waals surface area contributed by atoms with Crippen LogP contribution in [-0.2, 0) is 14.6 Å². The van der Waals surface area contributed by atoms with Crippen molar-refractivity contribution < 1.29 is 23.1 Å². The molecule has 2 atom stereocenters. The van der Waals surface area contributed by atoms with E-state index < -0.39 is 27.9 Å². The largest absolute Gasteiger partial charge is 0.480 e. The smallest absolute Gasteiger partial charge is 0.326 e. The van der Waals surface area contributed by atoms with E-state index in [0.29, 0.717) is 12.8 Å². The maximum Gasteiger partial charge on any atom is 0.326 e. The van der Waals surface area contributed by atoms with Crippen LogP contribution in [-0.4, -0.2) is 49.6 Å². The lowest BCUT2D eigenvalue weighted by Crippen LogP contribution is -2.46. The summed E-state index contributed by atoms with van der Waals surface area (Å²) in [5.41, 5.74) is 0. The first-order chi connectivity index (χ1) is 8.34. The van der Waals surface area contributed by atoms with E-state index in [-0.39, 0.29) is 24.0 Å². The van der Waals surface area contributed by atoms with Gasteiger partial charge in [-0.05, 0) is 18.8 Å². The lowest BCUT2D eigenvalue weighted by molar-refractivity contribution is -0.139. The van der Waals surface area contributed by atoms with Gasteiger partial charge in [-0.25, -0.2) is 18.0 Å². The SMILES string of the molecule is CC[C@H](NC(=O)NCC1CCS(=O)(=O)C1)C(=O)O. The van der Waals surface area contributed by atoms with E-state index in [1.54, 1.807) is 6.92 Å². The highest BCUT2D eigenvalue weighted by atomic mass is 32.2. The second-order valence-corrected chi connectivity index (χ2v) is 6.65. The Balaban J connectivity index is 2.32. The van der Waals surface area contributed by atoms with Gasteiger partial charge in [0.1, 0.15) is 6.04 Å². The zero-order valence-corrected chi connectivity index (χ0v) is 11.0. The van der Waals surface area contributed by atoms with E-state index >= 15 is 0 Å². The Labute approximate surface area is 106 Å². The van der Waals surface area contributed by atoms with Crippen LogP contribution < -0.4 is 10.6 Å². The van der Waals surface area contributed by atoms with Crippen LogP contribution in [0.25, 0.3) is 0 Å². The molecule has 18 heavy (non-hydrogen) atoms. The van der Waals surface area contributed by atoms with Crippen molar-refractivity contribution >= 4 is 21.8 Å². The van der Waals surface area contributed by atoms with Crippen LogP contribution in [0.5, 0.6) is 0 Å². The van der Waals surface area contributed by atoms with Crippen molar-refractivity contribution in [1.29, 1.82) is 0 Å². The normalized spacial score (nSPS) is 23.3. The van der Waals surface area contributed by atoms with E-state index in [0.717, 1.165) is 0 Å². The first kappa shape index (κ1) is 14.7. The summed E-state index contributed by atoms with van der Waals surface area (Å²) in [4.78, 5) is 22.1. The van der Waals surface area contributed by atoms with Crippen molar-refractivity contribution in [2.24, 2.45) is 5.92 Å². The number of nitrogens with one attached hydrogen (secondary N) is 2. The van der Waals surface area contributed by atoms with Gasteiger partial charge in [0.05, 0.1) is 11.5 Å². The summed E-state index contributed by atoms with van der Waals surface area (Å²) < 4.78 is 22.4. The number of carboxylic acids is 1. The Morgan fingerprint density at radius 1 is 1.44 bits per heavy atom. The van der Waals surface area contributed by atoms with E-state index in [1.165, 1.54) is 0 Å². The average Bonchev–Trinajstić information content (AvgIpc) is 2.62. The molecule has 2 amide bonds. The Kier molecular flexibility index (Phi) is 4.94. The highest BCUT2D eigenvalue weighted by molar-refractivity contribution is 7.91. The van der Waals surface area contributed by atoms with Crippen molar-refractivity contribution in [3.05, 3.63) is 0 Å². The van der Waals surface area contributed by atoms with Gasteiger partial charge in [-0.15, -0.1) is 0 Å². The van der Waals surface area contributed by atoms with Crippen LogP contribution in [0, 0.1) is 5.92 Å². The summed E-state index contributed by atoms with van der Waals surface area (Å²) in [6.45, 7) is 1.91. The third-order valence-electron chi connectivity index (χ3n) is 2.89. The molecular formula is C10H18N2O5S. The summed E-state index contributed by atoms with van der Waals surface area (Å²) in [6, 6.07) is -1.49. The number of carbonyl (C=O) groups is 2. The maximum atomic E-state index is 11.4. The molecule has 1 unspecified atom stereocenters. The summed E-state index contributed by atoms with van der Waals surface area (Å²) in [5, 5.41) is 13.6. The summed E-state index contributed by atoms with van der Waals surface area (Å²) in [7, 11) is -2.95. The van der Waals surface area contributed by atoms with Gasteiger partial charge >= 0.3 is 12.0 Å². The van der Waals surface area contributed by atoms with Crippen LogP contribution in [0.1, 0.15) is 19.8 Å². The molecule has 0 spiro atoms. The fourth-order valence-corrected chi connectivity index (χ4v) is 3.68. The molecule has 0 aromatic rings. The molecule has 0 aliphatic carbocycles. The van der Waals surface area contributed by atoms with Crippen molar-refractivity contribution in [2.45, 2.75) is 25.8 Å². The predicted octanol–water partition coefficient (Wildman–Crippen LogP) is -0.416. The van der Waals surface area contributed by atoms with Gasteiger partial charge in [0, 0.05) is 6.54 Å². The fourth-order valence-electron chi connectivity index (χ4n) is 1.82. The molecule has 1 heterocycles. The number of aliphatic carboxylic acids is 1. The number of hydrogen-bond donors (Lipinski definition) is 3. The van der Waals surface area contributed by atoms with Crippen LogP contribution in [0.15, 0.2) is 0 Å². The zero-order chi connectivity index (χ0) is 13.8. The third kappa shape index (κ3) is 4.52. The standard InChI is InChI=1S/C10H18N2O5S/c1-2-8(9(13)14)12-10(15)11-5-7-3-4-18(16,17)6-7/h7-8H,2-6H2,1H3,(H,13,14)(H2,11,12,15)/t7?,8-/m0/s1. The van der Waals surface area contributed by atoms with Crippen LogP contribution >= 0.6 is 0 Å². The average molecular weight is 278 g/mol. The quantitative estimate of drug-likeness (QED) is 0.632. The zero-order valence-electron chi connectivity index (χ0n) is 10.2. The molecule has 104 valence electrons. The lowest BCUT2D eigenvalue weighted by Gasteiger charge is -2.14. The minimum atomic E-state index is -2.95. The molecule has 1 aliphatic heterocycles. The number of amides is 2. The summed E-state index contributed by atoms with van der Waals surface area (Å²) in [5.74, 6) is -0.918. The number of hydrogen-bond acceptors (Lipinski definition) is 4. The third-order valence-corrected chi connectivity index (χ3v) is 4.73. The first-order valence-electron chi connectivity index (χ1n) is 5.81. The monoisotopic (exact) mass is 278 g/mol. The molecule has 3 N–H and O–H groups in total. The Hall–Kier alpha value is -1.31. The van der Waals surface area contributed by atoms with Crippen molar-refractivity contribution in [1.82, 2.24) is 10.6 Å². The molecule has 0 saturated carbocycles. The molecule has 8 heteroatoms. The highest BCUT2D eigenvalue weighted by Crippen LogP contribution is 2.17. The van der Waals surface area contributed by atoms with E-state index in [4.69, 9.17) is 5.11 Å². The minimum absolute atomic E-state index is 0.0781. The Morgan fingerprint density at radius 2 is 2.11 bits per heavy atom. The van der Waals surface area contributed by atoms with Crippen LogP contribution in [0.3, 0.4) is 0 Å². The number of rotatable bonds is 5. The van der Waals surface area contributed by atoms with Crippen molar-refractivity contribution in [3.8, 4) is 0 Å². The lowest BCUT2D eigenvalue weighted by atomic mass is 10.1. The van der Waals surface area contributed by atoms with Gasteiger partial charge in [-0.3, -0.25) is 0 Å². The topological polar surface area (TPSA) is 113 Å². The number of sulfone groups is 1. The second kappa shape index (κ2) is 6.03. The van der Waals surface area contributed by atoms with Gasteiger partial charge in [0.2, 0.25) is 0 Å². The molecule has 0 radical (unpaired) electrons. The van der Waals surface area contributed by atoms with Crippen LogP contribution in [0.4, 0.5) is 4.79 Å². The van der Waals surface area contributed by atoms with E-state index in [1.807, 2.05) is 0 Å². The summed E-state index contributed by atoms with van der Waals surface area (Å²) >= 11 is 0. The summed E-state index contributed by atoms with van der Waals surface area (Å²) in [6.07, 6.45) is 0.833. The number of carboxylic acid groups (broad SMARTS) is 1. The van der Waals surface area contributed by atoms with Gasteiger partial charge in [-0.2, -0.15) is 0 Å². The maximum absolute atomic E-state index is 11.4. The molecule has 0 aromatic carbocycles. The van der Waals surface area contributed by atoms with Gasteiger partial charge in [-0.1, -0.05) is 6.92 Å². The molecule has 1 aliphatic rings. The second-order valence-electron chi connectivity index (χ2n) is 4.42. The Bertz CT molecular complexity index is 420. The van der Waals surface area contributed by atoms with Gasteiger partial charge in [0.25, 0.3) is 0 Å². The molecule has 1 fully saturated rings. The molecule has 1 saturated heterocycles. The molecule has 0 bridgehead atoms. The first-order valence-corrected chi connectivity index (χ1v) is 7.63. The van der Waals surface area contributed by atoms with Crippen molar-refractivity contribution in [3.63, 3.8) is 0 Å². The fraction of sp³-hybridized carbons (Fsp3) is 0.800. The molecular weight excluding hydrogens is 260 g/mol. The number of urea groups is 1. The van der Waals surface area contributed by atoms with Gasteiger partial charge < -0.3 is 15.7 Å². The molecule has 7 nitrogen and oxygen atoms in total.